The van der Waals surface area contributed by atoms with Crippen LogP contribution in [0.5, 0.6) is 11.5 Å². The van der Waals surface area contributed by atoms with Gasteiger partial charge in [-0.2, -0.15) is 0 Å². The predicted molar refractivity (Wildman–Crippen MR) is 222 cm³/mol. The summed E-state index contributed by atoms with van der Waals surface area (Å²) in [5, 5.41) is 11.9. The first-order valence-electron chi connectivity index (χ1n) is 20.6. The van der Waals surface area contributed by atoms with Gasteiger partial charge in [0.1, 0.15) is 13.2 Å². The van der Waals surface area contributed by atoms with E-state index in [-0.39, 0.29) is 92.4 Å². The van der Waals surface area contributed by atoms with Gasteiger partial charge in [0.15, 0.2) is 29.8 Å². The molecule has 330 valence electrons. The molecule has 3 amide bonds. The Morgan fingerprint density at radius 1 is 1.03 bits per heavy atom. The lowest BCUT2D eigenvalue weighted by atomic mass is 9.91. The molecule has 2 aromatic carbocycles. The minimum absolute atomic E-state index is 0.0173. The maximum Gasteiger partial charge on any atom is 0.416 e. The van der Waals surface area contributed by atoms with E-state index in [2.05, 4.69) is 18.5 Å². The Morgan fingerprint density at radius 3 is 2.43 bits per heavy atom. The smallest absolute Gasteiger partial charge is 0.416 e. The monoisotopic (exact) mass is 847 g/mol. The average Bonchev–Trinajstić information content (AvgIpc) is 3.60. The lowest BCUT2D eigenvalue weighted by molar-refractivity contribution is -0.195. The molecule has 0 radical (unpaired) electrons. The number of hydrogen-bond acceptors (Lipinski definition) is 12. The van der Waals surface area contributed by atoms with Crippen molar-refractivity contribution in [2.75, 3.05) is 38.4 Å². The van der Waals surface area contributed by atoms with Crippen LogP contribution in [0, 0.1) is 11.8 Å². The summed E-state index contributed by atoms with van der Waals surface area (Å²) in [6, 6.07) is 8.48. The Morgan fingerprint density at radius 2 is 1.77 bits per heavy atom. The van der Waals surface area contributed by atoms with Crippen molar-refractivity contribution >= 4 is 41.3 Å². The Balaban J connectivity index is 1.33. The van der Waals surface area contributed by atoms with Gasteiger partial charge in [0.25, 0.3) is 5.91 Å². The van der Waals surface area contributed by atoms with Crippen molar-refractivity contribution in [2.24, 2.45) is 11.8 Å². The topological polar surface area (TPSA) is 197 Å². The van der Waals surface area contributed by atoms with Crippen LogP contribution < -0.4 is 19.7 Å². The number of Topliss-reactive ketones (excluding diaryl/α,β-unsaturated/α-hetero) is 1. The van der Waals surface area contributed by atoms with Gasteiger partial charge in [0, 0.05) is 32.1 Å². The van der Waals surface area contributed by atoms with Crippen LogP contribution in [0.15, 0.2) is 61.2 Å². The summed E-state index contributed by atoms with van der Waals surface area (Å²) in [5.74, 6) is -2.95. The zero-order valence-corrected chi connectivity index (χ0v) is 35.4. The number of anilines is 1. The number of hydrogen-bond donors (Lipinski definition) is 2. The Hall–Kier alpha value is -5.74. The molecular weight excluding hydrogens is 791 g/mol. The van der Waals surface area contributed by atoms with Gasteiger partial charge < -0.3 is 43.7 Å². The van der Waals surface area contributed by atoms with Crippen molar-refractivity contribution in [3.05, 3.63) is 77.9 Å². The molecule has 3 aliphatic rings. The summed E-state index contributed by atoms with van der Waals surface area (Å²) < 4.78 is 35.1. The van der Waals surface area contributed by atoms with Crippen molar-refractivity contribution in [1.29, 1.82) is 0 Å². The molecule has 0 aliphatic carbocycles. The number of carboxylic acids is 1. The summed E-state index contributed by atoms with van der Waals surface area (Å²) in [6.45, 7) is 13.5. The summed E-state index contributed by atoms with van der Waals surface area (Å²) in [4.78, 5) is 81.3. The Kier molecular flexibility index (Phi) is 16.5. The van der Waals surface area contributed by atoms with E-state index < -0.39 is 54.5 Å². The molecule has 16 nitrogen and oxygen atoms in total. The van der Waals surface area contributed by atoms with Crippen LogP contribution in [0.4, 0.5) is 10.5 Å². The van der Waals surface area contributed by atoms with E-state index in [4.69, 9.17) is 33.5 Å². The molecule has 61 heavy (non-hydrogen) atoms. The maximum absolute atomic E-state index is 14.5. The molecule has 1 unspecified atom stereocenters. The molecular formula is C45H57N3O13. The van der Waals surface area contributed by atoms with Crippen molar-refractivity contribution in [3.63, 3.8) is 0 Å². The molecule has 2 fully saturated rings. The van der Waals surface area contributed by atoms with Crippen molar-refractivity contribution in [3.8, 4) is 11.5 Å². The largest absolute Gasteiger partial charge is 0.493 e. The summed E-state index contributed by atoms with van der Waals surface area (Å²) >= 11 is 0. The van der Waals surface area contributed by atoms with Crippen molar-refractivity contribution in [2.45, 2.75) is 103 Å². The molecule has 5 atom stereocenters. The number of ketones is 1. The number of fused-ring (bicyclic) bond motifs is 2. The van der Waals surface area contributed by atoms with E-state index in [0.29, 0.717) is 30.6 Å². The van der Waals surface area contributed by atoms with Crippen LogP contribution >= 0.6 is 0 Å². The molecule has 5 rings (SSSR count). The second-order valence-corrected chi connectivity index (χ2v) is 15.8. The number of aliphatic carboxylic acids is 1. The van der Waals surface area contributed by atoms with Crippen LogP contribution in [-0.4, -0.2) is 104 Å². The number of nitrogens with zero attached hydrogens (tertiary/aromatic N) is 2. The Bertz CT molecular complexity index is 1940. The molecule has 0 bridgehead atoms. The number of carboxylic acid groups (broad SMARTS) is 1. The highest BCUT2D eigenvalue weighted by molar-refractivity contribution is 6.06. The summed E-state index contributed by atoms with van der Waals surface area (Å²) in [5.41, 5.74) is 2.37. The number of methoxy groups -OCH3 is 1. The minimum atomic E-state index is -1.05. The predicted octanol–water partition coefficient (Wildman–Crippen LogP) is 5.74. The number of carbonyl (C=O) groups is 6. The van der Waals surface area contributed by atoms with E-state index in [1.165, 1.54) is 30.2 Å². The van der Waals surface area contributed by atoms with Crippen molar-refractivity contribution in [1.82, 2.24) is 10.2 Å². The van der Waals surface area contributed by atoms with Gasteiger partial charge in [-0.1, -0.05) is 62.9 Å². The third-order valence-electron chi connectivity index (χ3n) is 10.8. The second kappa shape index (κ2) is 21.7. The first-order valence-corrected chi connectivity index (χ1v) is 20.6. The van der Waals surface area contributed by atoms with Gasteiger partial charge in [0.05, 0.1) is 49.4 Å². The SMILES string of the molecule is C=CCOC(=O)C[C@H](C(=O)N[C@@H](C)C(=O)Cc1ccc(COC(=O)N2c3cc(OCCCC(=O)O)c(OC)cc3C(=O)N3CC(=C)C[C@H]3[C@@H]2OC2CCCCO2)cc1)C(C)C. The quantitative estimate of drug-likeness (QED) is 0.0931. The Labute approximate surface area is 356 Å². The molecule has 3 aliphatic heterocycles. The van der Waals surface area contributed by atoms with Gasteiger partial charge >= 0.3 is 18.0 Å². The third-order valence-corrected chi connectivity index (χ3v) is 10.8. The first-order chi connectivity index (χ1) is 29.2. The van der Waals surface area contributed by atoms with Crippen LogP contribution in [0.3, 0.4) is 0 Å². The number of carbonyl (C=O) groups excluding carboxylic acids is 5. The number of benzene rings is 2. The second-order valence-electron chi connectivity index (χ2n) is 15.8. The van der Waals surface area contributed by atoms with Crippen LogP contribution in [-0.2, 0) is 51.2 Å². The number of ether oxygens (including phenoxy) is 6. The fourth-order valence-corrected chi connectivity index (χ4v) is 7.44. The van der Waals surface area contributed by atoms with Crippen LogP contribution in [0.1, 0.15) is 87.2 Å². The highest BCUT2D eigenvalue weighted by Gasteiger charge is 2.48. The third kappa shape index (κ3) is 12.2. The number of rotatable bonds is 20. The molecule has 2 aromatic rings. The first kappa shape index (κ1) is 46.3. The molecule has 0 aromatic heterocycles. The van der Waals surface area contributed by atoms with E-state index >= 15 is 0 Å². The fraction of sp³-hybridized carbons (Fsp3) is 0.511. The minimum Gasteiger partial charge on any atom is -0.493 e. The normalized spacial score (nSPS) is 19.5. The van der Waals surface area contributed by atoms with Gasteiger partial charge in [-0.25, -0.2) is 9.69 Å². The van der Waals surface area contributed by atoms with Gasteiger partial charge in [0.2, 0.25) is 5.91 Å². The lowest BCUT2D eigenvalue weighted by Gasteiger charge is -2.38. The molecule has 2 saturated heterocycles. The fourth-order valence-electron chi connectivity index (χ4n) is 7.44. The molecule has 16 heteroatoms. The lowest BCUT2D eigenvalue weighted by Crippen LogP contribution is -2.54. The molecule has 0 spiro atoms. The van der Waals surface area contributed by atoms with Crippen molar-refractivity contribution < 1.29 is 62.3 Å². The molecule has 3 heterocycles. The van der Waals surface area contributed by atoms with E-state index in [0.717, 1.165) is 18.4 Å². The highest BCUT2D eigenvalue weighted by atomic mass is 16.7. The maximum atomic E-state index is 14.5. The van der Waals surface area contributed by atoms with Crippen LogP contribution in [0.25, 0.3) is 0 Å². The van der Waals surface area contributed by atoms with Crippen LogP contribution in [0.2, 0.25) is 0 Å². The number of amides is 3. The van der Waals surface area contributed by atoms with Gasteiger partial charge in [-0.15, -0.1) is 0 Å². The van der Waals surface area contributed by atoms with E-state index in [1.807, 2.05) is 13.8 Å². The van der Waals surface area contributed by atoms with Gasteiger partial charge in [-0.3, -0.25) is 24.0 Å². The summed E-state index contributed by atoms with van der Waals surface area (Å²) in [6.07, 6.45) is 1.59. The standard InChI is InChI=1S/C45H57N3O13/c1-7-17-58-40(52)23-32(27(2)3)42(53)46-29(5)36(49)21-30-13-15-31(16-14-30)26-60-45(55)48-34-24-38(57-19-10-11-39(50)51)37(56-6)22-33(34)43(54)47-25-28(4)20-35(47)44(48)61-41-12-8-9-18-59-41/h7,13-16,22,24,27,29,32,35,41,44H,1,4,8-12,17-21,23,25-26H2,2-3,5-6H3,(H,46,53)(H,50,51)/t29-,32-,35-,41?,44-/m0/s1. The van der Waals surface area contributed by atoms with E-state index in [1.54, 1.807) is 36.1 Å². The number of esters is 1. The zero-order valence-electron chi connectivity index (χ0n) is 35.4. The summed E-state index contributed by atoms with van der Waals surface area (Å²) in [7, 11) is 1.42. The van der Waals surface area contributed by atoms with E-state index in [9.17, 15) is 28.8 Å². The van der Waals surface area contributed by atoms with Gasteiger partial charge in [-0.05, 0) is 62.1 Å². The average molecular weight is 848 g/mol. The number of nitrogens with one attached hydrogen (secondary N) is 1. The molecule has 0 saturated carbocycles. The molecule has 2 N–H and O–H groups in total. The zero-order chi connectivity index (χ0) is 44.2. The highest BCUT2D eigenvalue weighted by Crippen LogP contribution is 2.43.